The van der Waals surface area contributed by atoms with Gasteiger partial charge >= 0.3 is 5.97 Å². The van der Waals surface area contributed by atoms with E-state index in [4.69, 9.17) is 0 Å². The second kappa shape index (κ2) is 7.41. The number of likely N-dealkylation sites (N-methyl/N-ethyl adjacent to an activating group) is 1. The molecule has 0 saturated carbocycles. The Balaban J connectivity index is 3.19. The predicted molar refractivity (Wildman–Crippen MR) is 83.8 cm³/mol. The first kappa shape index (κ1) is 17.4. The molecule has 0 aromatic carbocycles. The number of carbonyl (C=O) groups is 1. The van der Waals surface area contributed by atoms with Crippen LogP contribution in [0.5, 0.6) is 0 Å². The monoisotopic (exact) mass is 294 g/mol. The van der Waals surface area contributed by atoms with Crippen molar-refractivity contribution < 1.29 is 9.90 Å². The smallest absolute Gasteiger partial charge is 0.326 e. The largest absolute Gasteiger partial charge is 0.480 e. The Kier molecular flexibility index (Phi) is 6.15. The number of rotatable bonds is 7. The third-order valence-electron chi connectivity index (χ3n) is 3.44. The average Bonchev–Trinajstić information content (AvgIpc) is 2.37. The molecule has 0 aliphatic rings. The fourth-order valence-corrected chi connectivity index (χ4v) is 2.32. The molecule has 1 aromatic heterocycles. The second-order valence-electron chi connectivity index (χ2n) is 6.28. The van der Waals surface area contributed by atoms with Gasteiger partial charge in [-0.3, -0.25) is 4.79 Å². The minimum absolute atomic E-state index is 0.211. The van der Waals surface area contributed by atoms with Crippen molar-refractivity contribution in [1.29, 1.82) is 0 Å². The van der Waals surface area contributed by atoms with Crippen LogP contribution in [0.2, 0.25) is 0 Å². The predicted octanol–water partition coefficient (Wildman–Crippen LogP) is 1.93. The third-order valence-corrected chi connectivity index (χ3v) is 3.44. The van der Waals surface area contributed by atoms with Gasteiger partial charge in [0.1, 0.15) is 6.04 Å². The molecule has 1 heterocycles. The van der Waals surface area contributed by atoms with E-state index >= 15 is 0 Å². The molecule has 0 spiro atoms. The number of aliphatic carboxylic acids is 1. The number of carboxylic acid groups (broad SMARTS) is 1. The molecule has 5 heteroatoms. The van der Waals surface area contributed by atoms with E-state index in [1.165, 1.54) is 4.57 Å². The van der Waals surface area contributed by atoms with Crippen molar-refractivity contribution in [3.63, 3.8) is 0 Å². The Bertz CT molecular complexity index is 547. The van der Waals surface area contributed by atoms with Gasteiger partial charge in [0.2, 0.25) is 0 Å². The minimum Gasteiger partial charge on any atom is -0.480 e. The number of carboxylic acids is 1. The molecule has 1 N–H and O–H groups in total. The van der Waals surface area contributed by atoms with Crippen LogP contribution >= 0.6 is 0 Å². The van der Waals surface area contributed by atoms with Crippen molar-refractivity contribution in [3.8, 4) is 0 Å². The van der Waals surface area contributed by atoms with E-state index in [2.05, 4.69) is 4.90 Å². The van der Waals surface area contributed by atoms with Crippen molar-refractivity contribution in [2.45, 2.75) is 39.7 Å². The van der Waals surface area contributed by atoms with Gasteiger partial charge in [0.05, 0.1) is 0 Å². The fraction of sp³-hybridized carbons (Fsp3) is 0.625. The molecule has 118 valence electrons. The number of aromatic nitrogens is 1. The maximum absolute atomic E-state index is 12.3. The zero-order valence-corrected chi connectivity index (χ0v) is 13.6. The highest BCUT2D eigenvalue weighted by Crippen LogP contribution is 2.17. The molecule has 1 aromatic rings. The Morgan fingerprint density at radius 3 is 2.48 bits per heavy atom. The molecule has 21 heavy (non-hydrogen) atoms. The van der Waals surface area contributed by atoms with Gasteiger partial charge in [-0.05, 0) is 51.4 Å². The maximum Gasteiger partial charge on any atom is 0.326 e. The number of aryl methyl sites for hydroxylation is 1. The van der Waals surface area contributed by atoms with Crippen molar-refractivity contribution in [1.82, 2.24) is 9.47 Å². The van der Waals surface area contributed by atoms with Gasteiger partial charge in [0.25, 0.3) is 5.56 Å². The summed E-state index contributed by atoms with van der Waals surface area (Å²) in [6, 6.07) is 1.06. The molecule has 0 aliphatic heterocycles. The second-order valence-corrected chi connectivity index (χ2v) is 6.28. The van der Waals surface area contributed by atoms with Crippen LogP contribution < -0.4 is 5.56 Å². The molecule has 0 saturated heterocycles. The van der Waals surface area contributed by atoms with Gasteiger partial charge in [-0.15, -0.1) is 0 Å². The Morgan fingerprint density at radius 1 is 1.38 bits per heavy atom. The van der Waals surface area contributed by atoms with Crippen LogP contribution in [0.1, 0.15) is 37.4 Å². The van der Waals surface area contributed by atoms with E-state index in [-0.39, 0.29) is 11.5 Å². The molecular formula is C16H26N2O3. The first-order valence-corrected chi connectivity index (χ1v) is 7.31. The summed E-state index contributed by atoms with van der Waals surface area (Å²) in [4.78, 5) is 25.8. The van der Waals surface area contributed by atoms with E-state index in [0.29, 0.717) is 12.0 Å². The first-order chi connectivity index (χ1) is 9.72. The van der Waals surface area contributed by atoms with Gasteiger partial charge in [0.15, 0.2) is 0 Å². The molecule has 1 unspecified atom stereocenters. The van der Waals surface area contributed by atoms with Gasteiger partial charge in [-0.2, -0.15) is 0 Å². The maximum atomic E-state index is 12.3. The zero-order valence-electron chi connectivity index (χ0n) is 13.6. The summed E-state index contributed by atoms with van der Waals surface area (Å²) in [7, 11) is 3.98. The van der Waals surface area contributed by atoms with Gasteiger partial charge in [-0.1, -0.05) is 13.8 Å². The van der Waals surface area contributed by atoms with Crippen LogP contribution in [-0.4, -0.2) is 41.2 Å². The van der Waals surface area contributed by atoms with Crippen LogP contribution in [0, 0.1) is 12.8 Å². The van der Waals surface area contributed by atoms with E-state index in [0.717, 1.165) is 18.5 Å². The summed E-state index contributed by atoms with van der Waals surface area (Å²) in [5.74, 6) is -0.737. The van der Waals surface area contributed by atoms with Crippen molar-refractivity contribution in [3.05, 3.63) is 33.7 Å². The molecule has 0 amide bonds. The molecule has 1 rings (SSSR count). The van der Waals surface area contributed by atoms with Crippen LogP contribution in [0.25, 0.3) is 0 Å². The van der Waals surface area contributed by atoms with Crippen LogP contribution in [0.15, 0.2) is 17.1 Å². The molecule has 1 atom stereocenters. The van der Waals surface area contributed by atoms with Gasteiger partial charge in [0, 0.05) is 18.3 Å². The average molecular weight is 294 g/mol. The first-order valence-electron chi connectivity index (χ1n) is 7.31. The van der Waals surface area contributed by atoms with Gasteiger partial charge in [-0.25, -0.2) is 4.79 Å². The van der Waals surface area contributed by atoms with E-state index in [1.54, 1.807) is 13.1 Å². The summed E-state index contributed by atoms with van der Waals surface area (Å²) in [6.45, 7) is 6.53. The highest BCUT2D eigenvalue weighted by atomic mass is 16.4. The summed E-state index contributed by atoms with van der Waals surface area (Å²) < 4.78 is 1.39. The van der Waals surface area contributed by atoms with Crippen molar-refractivity contribution >= 4 is 5.97 Å². The highest BCUT2D eigenvalue weighted by Gasteiger charge is 2.22. The molecule has 0 aliphatic carbocycles. The molecule has 5 nitrogen and oxygen atoms in total. The number of pyridine rings is 1. The lowest BCUT2D eigenvalue weighted by atomic mass is 10.0. The van der Waals surface area contributed by atoms with E-state index in [9.17, 15) is 14.7 Å². The molecule has 0 bridgehead atoms. The standard InChI is InChI=1S/C16H26N2O3/c1-11(2)8-14(16(20)21)18-10-13(6-7-17(4)5)9-12(3)15(18)19/h9-11,14H,6-8H2,1-5H3,(H,20,21). The number of hydrogen-bond acceptors (Lipinski definition) is 3. The Labute approximate surface area is 126 Å². The summed E-state index contributed by atoms with van der Waals surface area (Å²) in [5, 5.41) is 9.43. The lowest BCUT2D eigenvalue weighted by Gasteiger charge is -2.20. The van der Waals surface area contributed by atoms with Crippen LogP contribution in [0.3, 0.4) is 0 Å². The van der Waals surface area contributed by atoms with Crippen LogP contribution in [0.4, 0.5) is 0 Å². The van der Waals surface area contributed by atoms with E-state index in [1.807, 2.05) is 34.0 Å². The normalized spacial score (nSPS) is 12.9. The molecular weight excluding hydrogens is 268 g/mol. The Hall–Kier alpha value is -1.62. The number of nitrogens with zero attached hydrogens (tertiary/aromatic N) is 2. The lowest BCUT2D eigenvalue weighted by Crippen LogP contribution is -2.32. The van der Waals surface area contributed by atoms with Crippen LogP contribution in [-0.2, 0) is 11.2 Å². The lowest BCUT2D eigenvalue weighted by molar-refractivity contribution is -0.141. The van der Waals surface area contributed by atoms with Crippen molar-refractivity contribution in [2.24, 2.45) is 5.92 Å². The molecule has 0 fully saturated rings. The SMILES string of the molecule is Cc1cc(CCN(C)C)cn(C(CC(C)C)C(=O)O)c1=O. The van der Waals surface area contributed by atoms with Gasteiger partial charge < -0.3 is 14.6 Å². The summed E-state index contributed by atoms with van der Waals surface area (Å²) >= 11 is 0. The highest BCUT2D eigenvalue weighted by molar-refractivity contribution is 5.71. The summed E-state index contributed by atoms with van der Waals surface area (Å²) in [5.41, 5.74) is 1.38. The molecule has 0 radical (unpaired) electrons. The Morgan fingerprint density at radius 2 is 2.00 bits per heavy atom. The number of hydrogen-bond donors (Lipinski definition) is 1. The minimum atomic E-state index is -0.949. The van der Waals surface area contributed by atoms with Crippen molar-refractivity contribution in [2.75, 3.05) is 20.6 Å². The third kappa shape index (κ3) is 5.01. The van der Waals surface area contributed by atoms with E-state index < -0.39 is 12.0 Å². The quantitative estimate of drug-likeness (QED) is 0.834. The summed E-state index contributed by atoms with van der Waals surface area (Å²) in [6.07, 6.45) is 2.95. The topological polar surface area (TPSA) is 62.5 Å². The zero-order chi connectivity index (χ0) is 16.2. The fourth-order valence-electron chi connectivity index (χ4n) is 2.32.